The summed E-state index contributed by atoms with van der Waals surface area (Å²) in [6.45, 7) is 6.12. The third-order valence-corrected chi connectivity index (χ3v) is 4.12. The summed E-state index contributed by atoms with van der Waals surface area (Å²) in [7, 11) is 0. The highest BCUT2D eigenvalue weighted by atomic mass is 19.1. The zero-order chi connectivity index (χ0) is 19.1. The van der Waals surface area contributed by atoms with Crippen LogP contribution in [0.15, 0.2) is 41.2 Å². The van der Waals surface area contributed by atoms with Crippen LogP contribution in [0.25, 0.3) is 16.6 Å². The molecule has 3 aromatic rings. The summed E-state index contributed by atoms with van der Waals surface area (Å²) in [6.07, 6.45) is 1.10. The van der Waals surface area contributed by atoms with Crippen molar-refractivity contribution in [2.45, 2.75) is 33.6 Å². The standard InChI is InChI=1S/C20H19F3N2O/c1-20(2,3)8-7-17-24-16-6-4-5-15(23)18(16)19(26)25(17)14-10-12(21)9-13(22)11-14/h4-6,9-11H,7-8H2,1-3H3. The molecule has 0 saturated heterocycles. The fourth-order valence-corrected chi connectivity index (χ4v) is 2.82. The maximum atomic E-state index is 14.2. The van der Waals surface area contributed by atoms with Gasteiger partial charge in [0, 0.05) is 12.5 Å². The summed E-state index contributed by atoms with van der Waals surface area (Å²) in [5.74, 6) is -2.01. The molecule has 136 valence electrons. The lowest BCUT2D eigenvalue weighted by molar-refractivity contribution is 0.373. The summed E-state index contributed by atoms with van der Waals surface area (Å²) in [4.78, 5) is 17.4. The van der Waals surface area contributed by atoms with Gasteiger partial charge in [-0.3, -0.25) is 9.36 Å². The molecule has 26 heavy (non-hydrogen) atoms. The number of hydrogen-bond acceptors (Lipinski definition) is 2. The van der Waals surface area contributed by atoms with Crippen LogP contribution in [-0.2, 0) is 6.42 Å². The first-order chi connectivity index (χ1) is 12.2. The Balaban J connectivity index is 2.31. The quantitative estimate of drug-likeness (QED) is 0.674. The van der Waals surface area contributed by atoms with Crippen LogP contribution >= 0.6 is 0 Å². The Morgan fingerprint density at radius 2 is 1.69 bits per heavy atom. The van der Waals surface area contributed by atoms with Gasteiger partial charge < -0.3 is 0 Å². The highest BCUT2D eigenvalue weighted by Crippen LogP contribution is 2.23. The van der Waals surface area contributed by atoms with Crippen LogP contribution in [0.3, 0.4) is 0 Å². The van der Waals surface area contributed by atoms with Crippen molar-refractivity contribution in [1.29, 1.82) is 0 Å². The monoisotopic (exact) mass is 360 g/mol. The minimum Gasteiger partial charge on any atom is -0.268 e. The van der Waals surface area contributed by atoms with E-state index in [1.54, 1.807) is 6.07 Å². The Bertz CT molecular complexity index is 1020. The first-order valence-corrected chi connectivity index (χ1v) is 8.32. The molecule has 0 aliphatic carbocycles. The molecule has 3 nitrogen and oxygen atoms in total. The van der Waals surface area contributed by atoms with Crippen molar-refractivity contribution in [2.24, 2.45) is 5.41 Å². The molecule has 3 rings (SSSR count). The summed E-state index contributed by atoms with van der Waals surface area (Å²) >= 11 is 0. The number of aromatic nitrogens is 2. The number of benzene rings is 2. The molecule has 0 atom stereocenters. The third-order valence-electron chi connectivity index (χ3n) is 4.12. The minimum atomic E-state index is -0.817. The zero-order valence-electron chi connectivity index (χ0n) is 14.8. The van der Waals surface area contributed by atoms with Crippen molar-refractivity contribution in [2.75, 3.05) is 0 Å². The molecule has 0 fully saturated rings. The predicted molar refractivity (Wildman–Crippen MR) is 95.0 cm³/mol. The fourth-order valence-electron chi connectivity index (χ4n) is 2.82. The van der Waals surface area contributed by atoms with E-state index in [1.807, 2.05) is 20.8 Å². The molecule has 0 bridgehead atoms. The van der Waals surface area contributed by atoms with Crippen molar-refractivity contribution in [3.63, 3.8) is 0 Å². The van der Waals surface area contributed by atoms with Crippen LogP contribution in [0.4, 0.5) is 13.2 Å². The fraction of sp³-hybridized carbons (Fsp3) is 0.300. The van der Waals surface area contributed by atoms with Gasteiger partial charge in [-0.25, -0.2) is 18.2 Å². The van der Waals surface area contributed by atoms with Gasteiger partial charge in [0.2, 0.25) is 0 Å². The molecule has 1 aromatic heterocycles. The number of rotatable bonds is 3. The number of hydrogen-bond donors (Lipinski definition) is 0. The highest BCUT2D eigenvalue weighted by molar-refractivity contribution is 5.78. The lowest BCUT2D eigenvalue weighted by Gasteiger charge is -2.20. The van der Waals surface area contributed by atoms with E-state index < -0.39 is 23.0 Å². The molecule has 0 N–H and O–H groups in total. The average molecular weight is 360 g/mol. The van der Waals surface area contributed by atoms with Crippen molar-refractivity contribution in [3.05, 3.63) is 70.0 Å². The molecule has 0 saturated carbocycles. The van der Waals surface area contributed by atoms with Gasteiger partial charge in [0.15, 0.2) is 0 Å². The number of nitrogens with zero attached hydrogens (tertiary/aromatic N) is 2. The van der Waals surface area contributed by atoms with E-state index in [1.165, 1.54) is 6.07 Å². The lowest BCUT2D eigenvalue weighted by atomic mass is 9.90. The second-order valence-corrected chi connectivity index (χ2v) is 7.49. The molecule has 6 heteroatoms. The first-order valence-electron chi connectivity index (χ1n) is 8.32. The van der Waals surface area contributed by atoms with E-state index >= 15 is 0 Å². The van der Waals surface area contributed by atoms with Gasteiger partial charge in [0.1, 0.15) is 28.7 Å². The predicted octanol–water partition coefficient (Wildman–Crippen LogP) is 4.78. The molecule has 0 spiro atoms. The van der Waals surface area contributed by atoms with Crippen LogP contribution in [0.1, 0.15) is 33.0 Å². The summed E-state index contributed by atoms with van der Waals surface area (Å²) in [6, 6.07) is 6.99. The Morgan fingerprint density at radius 3 is 2.31 bits per heavy atom. The maximum absolute atomic E-state index is 14.2. The van der Waals surface area contributed by atoms with Crippen LogP contribution in [0, 0.1) is 22.9 Å². The normalized spacial score (nSPS) is 11.9. The SMILES string of the molecule is CC(C)(C)CCc1nc2cccc(F)c2c(=O)n1-c1cc(F)cc(F)c1. The van der Waals surface area contributed by atoms with Crippen LogP contribution in [0.2, 0.25) is 0 Å². The van der Waals surface area contributed by atoms with Gasteiger partial charge in [0.05, 0.1) is 11.2 Å². The van der Waals surface area contributed by atoms with E-state index in [0.717, 1.165) is 28.8 Å². The maximum Gasteiger partial charge on any atom is 0.268 e. The number of fused-ring (bicyclic) bond motifs is 1. The molecule has 0 amide bonds. The van der Waals surface area contributed by atoms with Crippen LogP contribution in [-0.4, -0.2) is 9.55 Å². The van der Waals surface area contributed by atoms with Crippen molar-refractivity contribution in [1.82, 2.24) is 9.55 Å². The van der Waals surface area contributed by atoms with E-state index in [2.05, 4.69) is 4.98 Å². The average Bonchev–Trinajstić information content (AvgIpc) is 2.51. The van der Waals surface area contributed by atoms with Gasteiger partial charge in [-0.05, 0) is 36.1 Å². The molecule has 2 aromatic carbocycles. The summed E-state index contributed by atoms with van der Waals surface area (Å²) < 4.78 is 42.7. The smallest absolute Gasteiger partial charge is 0.268 e. The van der Waals surface area contributed by atoms with Gasteiger partial charge in [-0.15, -0.1) is 0 Å². The Hall–Kier alpha value is -2.63. The van der Waals surface area contributed by atoms with Crippen LogP contribution < -0.4 is 5.56 Å². The Labute approximate surface area is 149 Å². The molecular formula is C20H19F3N2O. The van der Waals surface area contributed by atoms with E-state index in [4.69, 9.17) is 0 Å². The third kappa shape index (κ3) is 3.64. The molecule has 0 aliphatic heterocycles. The van der Waals surface area contributed by atoms with Gasteiger partial charge in [0.25, 0.3) is 5.56 Å². The van der Waals surface area contributed by atoms with Gasteiger partial charge >= 0.3 is 0 Å². The minimum absolute atomic E-state index is 0.00550. The summed E-state index contributed by atoms with van der Waals surface area (Å²) in [5, 5.41) is -0.198. The first kappa shape index (κ1) is 18.2. The largest absolute Gasteiger partial charge is 0.268 e. The van der Waals surface area contributed by atoms with Crippen molar-refractivity contribution >= 4 is 10.9 Å². The topological polar surface area (TPSA) is 34.9 Å². The van der Waals surface area contributed by atoms with E-state index in [-0.39, 0.29) is 22.0 Å². The van der Waals surface area contributed by atoms with E-state index in [9.17, 15) is 18.0 Å². The van der Waals surface area contributed by atoms with Crippen molar-refractivity contribution in [3.8, 4) is 5.69 Å². The van der Waals surface area contributed by atoms with Gasteiger partial charge in [-0.1, -0.05) is 26.8 Å². The number of aryl methyl sites for hydroxylation is 1. The lowest BCUT2D eigenvalue weighted by Crippen LogP contribution is -2.25. The molecule has 0 radical (unpaired) electrons. The number of halogens is 3. The Kier molecular flexibility index (Phi) is 4.61. The highest BCUT2D eigenvalue weighted by Gasteiger charge is 2.19. The summed E-state index contributed by atoms with van der Waals surface area (Å²) in [5.41, 5.74) is -0.491. The van der Waals surface area contributed by atoms with Crippen molar-refractivity contribution < 1.29 is 13.2 Å². The molecular weight excluding hydrogens is 341 g/mol. The van der Waals surface area contributed by atoms with Crippen LogP contribution in [0.5, 0.6) is 0 Å². The van der Waals surface area contributed by atoms with Gasteiger partial charge in [-0.2, -0.15) is 0 Å². The zero-order valence-corrected chi connectivity index (χ0v) is 14.8. The second-order valence-electron chi connectivity index (χ2n) is 7.49. The molecule has 0 aliphatic rings. The van der Waals surface area contributed by atoms with E-state index in [0.29, 0.717) is 18.7 Å². The molecule has 1 heterocycles. The second kappa shape index (κ2) is 6.59. The molecule has 0 unspecified atom stereocenters. The Morgan fingerprint density at radius 1 is 1.04 bits per heavy atom.